The first kappa shape index (κ1) is 16.1. The number of aromatic amines is 1. The topological polar surface area (TPSA) is 84.2 Å². The van der Waals surface area contributed by atoms with Gasteiger partial charge in [-0.1, -0.05) is 11.6 Å². The molecule has 3 N–H and O–H groups in total. The number of nitrogen functional groups attached to an aromatic ring is 1. The average molecular weight is 363 g/mol. The fourth-order valence-electron chi connectivity index (χ4n) is 3.24. The second-order valence-electron chi connectivity index (χ2n) is 6.18. The number of benzene rings is 1. The molecule has 2 aliphatic heterocycles. The van der Waals surface area contributed by atoms with Gasteiger partial charge in [0, 0.05) is 37.2 Å². The minimum atomic E-state index is -0.358. The number of aromatic nitrogens is 2. The number of nitrogens with two attached hydrogens (primary N) is 1. The molecule has 2 aliphatic rings. The van der Waals surface area contributed by atoms with E-state index < -0.39 is 0 Å². The molecule has 0 radical (unpaired) electrons. The molecule has 0 atom stereocenters. The maximum Gasteiger partial charge on any atom is 0.257 e. The summed E-state index contributed by atoms with van der Waals surface area (Å²) in [5.74, 6) is 0.362. The van der Waals surface area contributed by atoms with Crippen molar-refractivity contribution in [3.8, 4) is 5.75 Å². The summed E-state index contributed by atoms with van der Waals surface area (Å²) in [5, 5.41) is 0.510. The lowest BCUT2D eigenvalue weighted by atomic mass is 10.0. The summed E-state index contributed by atoms with van der Waals surface area (Å²) in [5.41, 5.74) is 8.17. The smallest absolute Gasteiger partial charge is 0.257 e. The molecule has 0 spiro atoms. The van der Waals surface area contributed by atoms with Gasteiger partial charge in [0.1, 0.15) is 18.2 Å². The maximum atomic E-state index is 13.5. The summed E-state index contributed by atoms with van der Waals surface area (Å²) in [4.78, 5) is 20.9. The molecule has 6 nitrogen and oxygen atoms in total. The van der Waals surface area contributed by atoms with E-state index in [2.05, 4.69) is 14.9 Å². The Bertz CT molecular complexity index is 941. The summed E-state index contributed by atoms with van der Waals surface area (Å²) in [6, 6.07) is 4.30. The third-order valence-electron chi connectivity index (χ3n) is 4.47. The lowest BCUT2D eigenvalue weighted by Gasteiger charge is -2.30. The number of hydrogen-bond acceptors (Lipinski definition) is 5. The Morgan fingerprint density at radius 1 is 1.44 bits per heavy atom. The quantitative estimate of drug-likeness (QED) is 0.852. The van der Waals surface area contributed by atoms with Crippen LogP contribution in [0.5, 0.6) is 5.75 Å². The molecule has 0 saturated heterocycles. The molecule has 0 bridgehead atoms. The van der Waals surface area contributed by atoms with Crippen molar-refractivity contribution in [1.82, 2.24) is 14.9 Å². The van der Waals surface area contributed by atoms with E-state index in [-0.39, 0.29) is 17.3 Å². The molecule has 0 saturated carbocycles. The first-order valence-corrected chi connectivity index (χ1v) is 8.29. The standard InChI is InChI=1S/C17H16ClFN4O2/c18-15-9(8-25-14-2-1-10(19)5-11(14)15)6-23-4-3-13-12(7-23)16(24)22-17(20)21-13/h1-2,5H,3-4,6-8H2,(H3,20,21,22,24). The van der Waals surface area contributed by atoms with Crippen molar-refractivity contribution in [2.24, 2.45) is 0 Å². The number of fused-ring (bicyclic) bond motifs is 2. The normalized spacial score (nSPS) is 17.0. The Kier molecular flexibility index (Phi) is 3.97. The number of ether oxygens (including phenoxy) is 1. The monoisotopic (exact) mass is 362 g/mol. The lowest BCUT2D eigenvalue weighted by molar-refractivity contribution is 0.254. The van der Waals surface area contributed by atoms with Crippen molar-refractivity contribution < 1.29 is 9.13 Å². The van der Waals surface area contributed by atoms with Crippen LogP contribution in [0.1, 0.15) is 16.8 Å². The summed E-state index contributed by atoms with van der Waals surface area (Å²) in [6.45, 7) is 2.07. The molecule has 2 aromatic rings. The number of halogens is 2. The molecule has 1 aromatic heterocycles. The Morgan fingerprint density at radius 3 is 3.12 bits per heavy atom. The average Bonchev–Trinajstić information content (AvgIpc) is 2.58. The number of H-pyrrole nitrogens is 1. The van der Waals surface area contributed by atoms with Crippen LogP contribution in [-0.2, 0) is 13.0 Å². The molecular formula is C17H16ClFN4O2. The van der Waals surface area contributed by atoms with Gasteiger partial charge < -0.3 is 10.5 Å². The lowest BCUT2D eigenvalue weighted by Crippen LogP contribution is -2.38. The summed E-state index contributed by atoms with van der Waals surface area (Å²) < 4.78 is 19.2. The zero-order valence-corrected chi connectivity index (χ0v) is 14.1. The van der Waals surface area contributed by atoms with E-state index in [0.717, 1.165) is 17.8 Å². The molecule has 8 heteroatoms. The predicted molar refractivity (Wildman–Crippen MR) is 92.9 cm³/mol. The summed E-state index contributed by atoms with van der Waals surface area (Å²) >= 11 is 6.47. The van der Waals surface area contributed by atoms with Gasteiger partial charge in [0.2, 0.25) is 5.95 Å². The second-order valence-corrected chi connectivity index (χ2v) is 6.56. The third kappa shape index (κ3) is 3.01. The van der Waals surface area contributed by atoms with Crippen LogP contribution in [0.15, 0.2) is 28.6 Å². The van der Waals surface area contributed by atoms with Crippen molar-refractivity contribution in [3.05, 3.63) is 56.8 Å². The van der Waals surface area contributed by atoms with Gasteiger partial charge in [-0.2, -0.15) is 0 Å². The van der Waals surface area contributed by atoms with Gasteiger partial charge in [0.25, 0.3) is 5.56 Å². The van der Waals surface area contributed by atoms with Gasteiger partial charge in [-0.15, -0.1) is 0 Å². The number of rotatable bonds is 2. The number of nitrogens with one attached hydrogen (secondary N) is 1. The molecule has 1 aromatic carbocycles. The molecular weight excluding hydrogens is 347 g/mol. The van der Waals surface area contributed by atoms with E-state index in [9.17, 15) is 9.18 Å². The predicted octanol–water partition coefficient (Wildman–Crippen LogP) is 1.89. The first-order chi connectivity index (χ1) is 12.0. The SMILES string of the molecule is Nc1nc2c(c(=O)[nH]1)CN(CC1=C(Cl)c3cc(F)ccc3OC1)CC2. The molecule has 0 fully saturated rings. The van der Waals surface area contributed by atoms with E-state index in [1.807, 2.05) is 0 Å². The van der Waals surface area contributed by atoms with Gasteiger partial charge >= 0.3 is 0 Å². The summed E-state index contributed by atoms with van der Waals surface area (Å²) in [6.07, 6.45) is 0.639. The van der Waals surface area contributed by atoms with E-state index in [0.29, 0.717) is 48.0 Å². The Balaban J connectivity index is 1.59. The molecule has 0 aliphatic carbocycles. The third-order valence-corrected chi connectivity index (χ3v) is 4.94. The maximum absolute atomic E-state index is 13.5. The molecule has 0 unspecified atom stereocenters. The van der Waals surface area contributed by atoms with Crippen LogP contribution in [0.4, 0.5) is 10.3 Å². The summed E-state index contributed by atoms with van der Waals surface area (Å²) in [7, 11) is 0. The molecule has 3 heterocycles. The number of anilines is 1. The van der Waals surface area contributed by atoms with Crippen LogP contribution < -0.4 is 16.0 Å². The minimum absolute atomic E-state index is 0.141. The largest absolute Gasteiger partial charge is 0.488 e. The van der Waals surface area contributed by atoms with E-state index in [4.69, 9.17) is 22.1 Å². The highest BCUT2D eigenvalue weighted by atomic mass is 35.5. The van der Waals surface area contributed by atoms with Gasteiger partial charge in [0.05, 0.1) is 16.3 Å². The van der Waals surface area contributed by atoms with Gasteiger partial charge in [0.15, 0.2) is 0 Å². The fourth-order valence-corrected chi connectivity index (χ4v) is 3.50. The molecule has 130 valence electrons. The Labute approximate surface area is 148 Å². The zero-order valence-electron chi connectivity index (χ0n) is 13.3. The molecule has 25 heavy (non-hydrogen) atoms. The van der Waals surface area contributed by atoms with Gasteiger partial charge in [-0.05, 0) is 18.2 Å². The van der Waals surface area contributed by atoms with Crippen molar-refractivity contribution in [3.63, 3.8) is 0 Å². The van der Waals surface area contributed by atoms with Crippen molar-refractivity contribution >= 4 is 22.6 Å². The van der Waals surface area contributed by atoms with Crippen LogP contribution in [0, 0.1) is 5.82 Å². The van der Waals surface area contributed by atoms with Gasteiger partial charge in [-0.25, -0.2) is 9.37 Å². The first-order valence-electron chi connectivity index (χ1n) is 7.91. The van der Waals surface area contributed by atoms with Crippen molar-refractivity contribution in [2.75, 3.05) is 25.4 Å². The number of hydrogen-bond donors (Lipinski definition) is 2. The van der Waals surface area contributed by atoms with Gasteiger partial charge in [-0.3, -0.25) is 14.7 Å². The van der Waals surface area contributed by atoms with Crippen LogP contribution in [0.25, 0.3) is 5.03 Å². The highest BCUT2D eigenvalue weighted by Gasteiger charge is 2.25. The minimum Gasteiger partial charge on any atom is -0.488 e. The van der Waals surface area contributed by atoms with Crippen LogP contribution in [0.2, 0.25) is 0 Å². The van der Waals surface area contributed by atoms with E-state index in [1.165, 1.54) is 12.1 Å². The van der Waals surface area contributed by atoms with Crippen LogP contribution >= 0.6 is 11.6 Å². The van der Waals surface area contributed by atoms with Crippen molar-refractivity contribution in [2.45, 2.75) is 13.0 Å². The highest BCUT2D eigenvalue weighted by Crippen LogP contribution is 2.36. The van der Waals surface area contributed by atoms with E-state index >= 15 is 0 Å². The number of nitrogens with zero attached hydrogens (tertiary/aromatic N) is 2. The molecule has 4 rings (SSSR count). The van der Waals surface area contributed by atoms with Crippen molar-refractivity contribution in [1.29, 1.82) is 0 Å². The van der Waals surface area contributed by atoms with Crippen LogP contribution in [-0.4, -0.2) is 34.6 Å². The Hall–Kier alpha value is -2.38. The fraction of sp³-hybridized carbons (Fsp3) is 0.294. The molecule has 0 amide bonds. The Morgan fingerprint density at radius 2 is 2.28 bits per heavy atom. The highest BCUT2D eigenvalue weighted by molar-refractivity contribution is 6.49. The van der Waals surface area contributed by atoms with E-state index in [1.54, 1.807) is 6.07 Å². The second kappa shape index (κ2) is 6.16. The van der Waals surface area contributed by atoms with Crippen LogP contribution in [0.3, 0.4) is 0 Å². The zero-order chi connectivity index (χ0) is 17.6.